The Morgan fingerprint density at radius 1 is 1.06 bits per heavy atom. The van der Waals surface area contributed by atoms with Crippen LogP contribution in [-0.4, -0.2) is 49.1 Å². The number of carbonyl (C=O) groups is 3. The Morgan fingerprint density at radius 2 is 1.81 bits per heavy atom. The predicted octanol–water partition coefficient (Wildman–Crippen LogP) is 2.54. The number of aryl methyl sites for hydroxylation is 1. The highest BCUT2D eigenvalue weighted by Gasteiger charge is 2.54. The molecule has 9 heteroatoms. The lowest BCUT2D eigenvalue weighted by atomic mass is 10.1. The molecule has 31 heavy (non-hydrogen) atoms. The Morgan fingerprint density at radius 3 is 2.45 bits per heavy atom. The van der Waals surface area contributed by atoms with Crippen molar-refractivity contribution in [2.75, 3.05) is 19.1 Å². The Labute approximate surface area is 179 Å². The zero-order valence-corrected chi connectivity index (χ0v) is 17.4. The third kappa shape index (κ3) is 3.52. The van der Waals surface area contributed by atoms with Crippen LogP contribution in [0.3, 0.4) is 0 Å². The lowest BCUT2D eigenvalue weighted by molar-refractivity contribution is -0.123. The van der Waals surface area contributed by atoms with E-state index in [1.54, 1.807) is 30.3 Å². The summed E-state index contributed by atoms with van der Waals surface area (Å²) in [5.74, 6) is -0.748. The topological polar surface area (TPSA) is 101 Å². The fourth-order valence-electron chi connectivity index (χ4n) is 3.81. The van der Waals surface area contributed by atoms with Crippen LogP contribution in [0.4, 0.5) is 5.69 Å². The Hall–Kier alpha value is -3.75. The Kier molecular flexibility index (Phi) is 5.41. The summed E-state index contributed by atoms with van der Waals surface area (Å²) in [7, 11) is 2.81. The third-order valence-electron chi connectivity index (χ3n) is 5.49. The number of carbonyl (C=O) groups excluding carboxylic acids is 3. The van der Waals surface area contributed by atoms with E-state index in [9.17, 15) is 14.4 Å². The van der Waals surface area contributed by atoms with E-state index < -0.39 is 24.0 Å². The van der Waals surface area contributed by atoms with Gasteiger partial charge in [0, 0.05) is 5.56 Å². The van der Waals surface area contributed by atoms with Crippen LogP contribution in [0.2, 0.25) is 0 Å². The van der Waals surface area contributed by atoms with E-state index in [4.69, 9.17) is 9.47 Å². The van der Waals surface area contributed by atoms with Crippen LogP contribution in [-0.2, 0) is 27.3 Å². The Bertz CT molecular complexity index is 1070. The summed E-state index contributed by atoms with van der Waals surface area (Å²) in [4.78, 5) is 39.1. The summed E-state index contributed by atoms with van der Waals surface area (Å²) in [5.41, 5.74) is 2.59. The first kappa shape index (κ1) is 20.5. The first-order chi connectivity index (χ1) is 15.0. The van der Waals surface area contributed by atoms with Crippen molar-refractivity contribution in [3.05, 3.63) is 59.2 Å². The van der Waals surface area contributed by atoms with E-state index in [2.05, 4.69) is 10.3 Å². The van der Waals surface area contributed by atoms with E-state index in [-0.39, 0.29) is 12.5 Å². The van der Waals surface area contributed by atoms with Crippen LogP contribution in [0.1, 0.15) is 28.4 Å². The molecule has 1 saturated heterocycles. The van der Waals surface area contributed by atoms with Gasteiger partial charge < -0.3 is 9.47 Å². The van der Waals surface area contributed by atoms with Crippen molar-refractivity contribution in [2.45, 2.75) is 32.0 Å². The van der Waals surface area contributed by atoms with Crippen molar-refractivity contribution in [1.29, 1.82) is 0 Å². The quantitative estimate of drug-likeness (QED) is 0.524. The number of hydrogen-bond acceptors (Lipinski definition) is 8. The smallest absolute Gasteiger partial charge is 0.337 e. The number of nitrogens with zero attached hydrogens (tertiary/aromatic N) is 4. The molecule has 0 N–H and O–H groups in total. The number of benzene rings is 2. The average molecular weight is 422 g/mol. The summed E-state index contributed by atoms with van der Waals surface area (Å²) in [6.07, 6.45) is 0.863. The second kappa shape index (κ2) is 8.17. The molecule has 2 aromatic rings. The van der Waals surface area contributed by atoms with E-state index in [1.165, 1.54) is 24.1 Å². The molecule has 0 radical (unpaired) electrons. The maximum atomic E-state index is 13.2. The molecule has 1 fully saturated rings. The maximum absolute atomic E-state index is 13.2. The molecule has 0 bridgehead atoms. The molecule has 2 atom stereocenters. The molecule has 2 aliphatic rings. The number of methoxy groups -OCH3 is 2. The second-order valence-electron chi connectivity index (χ2n) is 7.24. The van der Waals surface area contributed by atoms with Gasteiger partial charge >= 0.3 is 5.97 Å². The van der Waals surface area contributed by atoms with Crippen LogP contribution >= 0.6 is 0 Å². The number of fused-ring (bicyclic) bond motifs is 1. The van der Waals surface area contributed by atoms with E-state index in [0.717, 1.165) is 12.0 Å². The van der Waals surface area contributed by atoms with E-state index in [1.807, 2.05) is 19.1 Å². The van der Waals surface area contributed by atoms with Gasteiger partial charge in [-0.3, -0.25) is 14.6 Å². The fourth-order valence-corrected chi connectivity index (χ4v) is 3.81. The van der Waals surface area contributed by atoms with Gasteiger partial charge in [-0.1, -0.05) is 24.3 Å². The zero-order valence-electron chi connectivity index (χ0n) is 17.4. The number of esters is 1. The number of ether oxygens (including phenoxy) is 2. The van der Waals surface area contributed by atoms with Crippen molar-refractivity contribution >= 4 is 23.5 Å². The number of hydrogen-bond donors (Lipinski definition) is 0. The minimum absolute atomic E-state index is 0.139. The summed E-state index contributed by atoms with van der Waals surface area (Å²) < 4.78 is 10.2. The van der Waals surface area contributed by atoms with Crippen molar-refractivity contribution in [2.24, 2.45) is 10.3 Å². The van der Waals surface area contributed by atoms with Crippen molar-refractivity contribution in [3.8, 4) is 5.75 Å². The van der Waals surface area contributed by atoms with Crippen molar-refractivity contribution in [1.82, 2.24) is 5.01 Å². The predicted molar refractivity (Wildman–Crippen MR) is 111 cm³/mol. The summed E-state index contributed by atoms with van der Waals surface area (Å²) in [6, 6.07) is 10.4. The van der Waals surface area contributed by atoms with Gasteiger partial charge in [-0.15, -0.1) is 0 Å². The first-order valence-electron chi connectivity index (χ1n) is 9.87. The van der Waals surface area contributed by atoms with Gasteiger partial charge in [-0.2, -0.15) is 5.11 Å². The summed E-state index contributed by atoms with van der Waals surface area (Å²) in [6.45, 7) is 2.17. The first-order valence-corrected chi connectivity index (χ1v) is 9.87. The number of rotatable bonds is 6. The van der Waals surface area contributed by atoms with Crippen LogP contribution in [0.25, 0.3) is 0 Å². The monoisotopic (exact) mass is 422 g/mol. The van der Waals surface area contributed by atoms with Crippen molar-refractivity contribution < 1.29 is 23.9 Å². The summed E-state index contributed by atoms with van der Waals surface area (Å²) >= 11 is 0. The van der Waals surface area contributed by atoms with Crippen LogP contribution < -0.4 is 9.64 Å². The second-order valence-corrected chi connectivity index (χ2v) is 7.24. The van der Waals surface area contributed by atoms with Gasteiger partial charge in [-0.25, -0.2) is 9.69 Å². The lowest BCUT2D eigenvalue weighted by Gasteiger charge is -2.22. The molecule has 9 nitrogen and oxygen atoms in total. The number of amides is 2. The standard InChI is InChI=1S/C22H22N4O5/c1-4-13-5-8-16(9-6-13)26-20(27)18-19(21(26)28)25(24-23-18)12-15-11-14(22(29)31-3)7-10-17(15)30-2/h5-11,18-19H,4,12H2,1-3H3. The van der Waals surface area contributed by atoms with Gasteiger partial charge in [0.15, 0.2) is 12.1 Å². The molecule has 160 valence electrons. The minimum Gasteiger partial charge on any atom is -0.496 e. The van der Waals surface area contributed by atoms with E-state index >= 15 is 0 Å². The van der Waals surface area contributed by atoms with Gasteiger partial charge in [0.25, 0.3) is 11.8 Å². The summed E-state index contributed by atoms with van der Waals surface area (Å²) in [5, 5.41) is 9.57. The van der Waals surface area contributed by atoms with Gasteiger partial charge in [0.1, 0.15) is 5.75 Å². The van der Waals surface area contributed by atoms with Gasteiger partial charge in [0.05, 0.1) is 32.0 Å². The van der Waals surface area contributed by atoms with Crippen LogP contribution in [0, 0.1) is 0 Å². The highest BCUT2D eigenvalue weighted by atomic mass is 16.5. The maximum Gasteiger partial charge on any atom is 0.337 e. The fraction of sp³-hybridized carbons (Fsp3) is 0.318. The van der Waals surface area contributed by atoms with E-state index in [0.29, 0.717) is 22.6 Å². The molecular formula is C22H22N4O5. The SMILES string of the molecule is CCc1ccc(N2C(=O)C3N=NN(Cc4cc(C(=O)OC)ccc4OC)C3C2=O)cc1. The average Bonchev–Trinajstić information content (AvgIpc) is 3.32. The highest BCUT2D eigenvalue weighted by molar-refractivity contribution is 6.25. The molecule has 4 rings (SSSR count). The third-order valence-corrected chi connectivity index (χ3v) is 5.49. The molecule has 2 unspecified atom stereocenters. The molecule has 0 aliphatic carbocycles. The van der Waals surface area contributed by atoms with Gasteiger partial charge in [-0.05, 0) is 42.3 Å². The molecule has 0 spiro atoms. The molecule has 2 heterocycles. The molecule has 0 saturated carbocycles. The zero-order chi connectivity index (χ0) is 22.1. The lowest BCUT2D eigenvalue weighted by Crippen LogP contribution is -2.39. The van der Waals surface area contributed by atoms with Crippen molar-refractivity contribution in [3.63, 3.8) is 0 Å². The normalized spacial score (nSPS) is 19.7. The van der Waals surface area contributed by atoms with Gasteiger partial charge in [0.2, 0.25) is 0 Å². The van der Waals surface area contributed by atoms with Crippen LogP contribution in [0.15, 0.2) is 52.8 Å². The largest absolute Gasteiger partial charge is 0.496 e. The Balaban J connectivity index is 1.60. The highest BCUT2D eigenvalue weighted by Crippen LogP contribution is 2.34. The molecule has 2 aromatic carbocycles. The molecule has 0 aromatic heterocycles. The number of imide groups is 1. The van der Waals surface area contributed by atoms with Crippen LogP contribution in [0.5, 0.6) is 5.75 Å². The minimum atomic E-state index is -0.895. The molecule has 2 amide bonds. The molecular weight excluding hydrogens is 400 g/mol. The number of anilines is 1. The molecule has 2 aliphatic heterocycles.